The number of nitrogens with zero attached hydrogens (tertiary/aromatic N) is 2. The molecule has 0 aromatic carbocycles. The van der Waals surface area contributed by atoms with Crippen LogP contribution in [0, 0.1) is 5.92 Å². The third-order valence-corrected chi connectivity index (χ3v) is 4.73. The summed E-state index contributed by atoms with van der Waals surface area (Å²) in [5.74, 6) is 1.50. The van der Waals surface area contributed by atoms with Crippen LogP contribution in [0.3, 0.4) is 0 Å². The minimum Gasteiger partial charge on any atom is -0.488 e. The van der Waals surface area contributed by atoms with E-state index >= 15 is 0 Å². The van der Waals surface area contributed by atoms with Crippen LogP contribution >= 0.6 is 0 Å². The molecule has 3 heterocycles. The average Bonchev–Trinajstić information content (AvgIpc) is 2.63. The minimum atomic E-state index is -0.0211. The fourth-order valence-corrected chi connectivity index (χ4v) is 3.38. The molecule has 0 fully saturated rings. The average molecular weight is 358 g/mol. The fraction of sp³-hybridized carbons (Fsp3) is 0.500. The van der Waals surface area contributed by atoms with E-state index in [1.54, 1.807) is 26.4 Å². The summed E-state index contributed by atoms with van der Waals surface area (Å²) in [6.45, 7) is 5.56. The Bertz CT molecular complexity index is 829. The predicted molar refractivity (Wildman–Crippen MR) is 100 cm³/mol. The van der Waals surface area contributed by atoms with E-state index in [1.807, 2.05) is 12.3 Å². The molecule has 0 saturated heterocycles. The van der Waals surface area contributed by atoms with E-state index in [9.17, 15) is 4.79 Å². The molecule has 2 aromatic heterocycles. The SMILES string of the molecule is COCCCOc1cc2c(nc1OC)-c1cc(=O)ccn1C(C(C)C)C2. The van der Waals surface area contributed by atoms with Crippen LogP contribution in [0.4, 0.5) is 0 Å². The summed E-state index contributed by atoms with van der Waals surface area (Å²) in [6, 6.07) is 5.53. The highest BCUT2D eigenvalue weighted by molar-refractivity contribution is 5.64. The van der Waals surface area contributed by atoms with Gasteiger partial charge in [-0.15, -0.1) is 0 Å². The molecule has 2 aromatic rings. The summed E-state index contributed by atoms with van der Waals surface area (Å²) in [4.78, 5) is 16.6. The monoisotopic (exact) mass is 358 g/mol. The fourth-order valence-electron chi connectivity index (χ4n) is 3.38. The number of hydrogen-bond donors (Lipinski definition) is 0. The zero-order chi connectivity index (χ0) is 18.7. The molecule has 0 N–H and O–H groups in total. The first kappa shape index (κ1) is 18.5. The smallest absolute Gasteiger partial charge is 0.257 e. The van der Waals surface area contributed by atoms with Crippen molar-refractivity contribution in [3.63, 3.8) is 0 Å². The second-order valence-electron chi connectivity index (χ2n) is 6.87. The molecule has 6 heteroatoms. The molecule has 1 aliphatic heterocycles. The summed E-state index contributed by atoms with van der Waals surface area (Å²) in [7, 11) is 3.25. The van der Waals surface area contributed by atoms with Crippen LogP contribution in [-0.2, 0) is 11.2 Å². The zero-order valence-corrected chi connectivity index (χ0v) is 15.8. The molecular weight excluding hydrogens is 332 g/mol. The standard InChI is InChI=1S/C20H26N2O4/c1-13(2)16-10-14-11-18(26-9-5-8-24-3)20(25-4)21-19(14)17-12-15(23)6-7-22(16)17/h6-7,11-13,16H,5,8-10H2,1-4H3. The number of methoxy groups -OCH3 is 2. The molecule has 0 amide bonds. The first-order valence-electron chi connectivity index (χ1n) is 8.97. The van der Waals surface area contributed by atoms with Gasteiger partial charge in [0.2, 0.25) is 0 Å². The molecule has 0 bridgehead atoms. The van der Waals surface area contributed by atoms with Crippen LogP contribution in [-0.4, -0.2) is 37.0 Å². The Morgan fingerprint density at radius 3 is 2.77 bits per heavy atom. The van der Waals surface area contributed by atoms with Gasteiger partial charge in [0.25, 0.3) is 5.88 Å². The number of fused-ring (bicyclic) bond motifs is 3. The molecule has 1 atom stereocenters. The van der Waals surface area contributed by atoms with Crippen molar-refractivity contribution in [1.82, 2.24) is 9.55 Å². The zero-order valence-electron chi connectivity index (χ0n) is 15.8. The largest absolute Gasteiger partial charge is 0.488 e. The number of aromatic nitrogens is 2. The molecule has 0 spiro atoms. The summed E-state index contributed by atoms with van der Waals surface area (Å²) in [6.07, 6.45) is 3.51. The first-order valence-corrected chi connectivity index (χ1v) is 8.97. The maximum atomic E-state index is 11.9. The van der Waals surface area contributed by atoms with E-state index in [-0.39, 0.29) is 11.5 Å². The number of rotatable bonds is 7. The van der Waals surface area contributed by atoms with Crippen molar-refractivity contribution >= 4 is 0 Å². The van der Waals surface area contributed by atoms with Gasteiger partial charge in [0.05, 0.1) is 25.1 Å². The second-order valence-corrected chi connectivity index (χ2v) is 6.87. The topological polar surface area (TPSA) is 62.6 Å². The van der Waals surface area contributed by atoms with Crippen LogP contribution in [0.1, 0.15) is 31.9 Å². The van der Waals surface area contributed by atoms with E-state index in [2.05, 4.69) is 23.4 Å². The van der Waals surface area contributed by atoms with Gasteiger partial charge in [0.15, 0.2) is 11.2 Å². The van der Waals surface area contributed by atoms with Gasteiger partial charge in [-0.1, -0.05) is 13.8 Å². The van der Waals surface area contributed by atoms with Gasteiger partial charge in [-0.25, -0.2) is 4.98 Å². The van der Waals surface area contributed by atoms with Gasteiger partial charge in [0, 0.05) is 44.5 Å². The molecule has 1 unspecified atom stereocenters. The van der Waals surface area contributed by atoms with Crippen LogP contribution < -0.4 is 14.9 Å². The van der Waals surface area contributed by atoms with Crippen molar-refractivity contribution in [2.45, 2.75) is 32.7 Å². The molecule has 0 saturated carbocycles. The highest BCUT2D eigenvalue weighted by atomic mass is 16.5. The molecule has 1 aliphatic rings. The molecular formula is C20H26N2O4. The lowest BCUT2D eigenvalue weighted by Gasteiger charge is -2.32. The van der Waals surface area contributed by atoms with Gasteiger partial charge < -0.3 is 18.8 Å². The lowest BCUT2D eigenvalue weighted by atomic mass is 9.90. The Hall–Kier alpha value is -2.34. The highest BCUT2D eigenvalue weighted by Gasteiger charge is 2.28. The second kappa shape index (κ2) is 7.91. The Balaban J connectivity index is 2.03. The van der Waals surface area contributed by atoms with Gasteiger partial charge in [-0.3, -0.25) is 4.79 Å². The summed E-state index contributed by atoms with van der Waals surface area (Å²) >= 11 is 0. The van der Waals surface area contributed by atoms with Crippen molar-refractivity contribution in [2.75, 3.05) is 27.4 Å². The maximum absolute atomic E-state index is 11.9. The Morgan fingerprint density at radius 1 is 1.27 bits per heavy atom. The van der Waals surface area contributed by atoms with E-state index < -0.39 is 0 Å². The predicted octanol–water partition coefficient (Wildman–Crippen LogP) is 3.09. The van der Waals surface area contributed by atoms with Crippen LogP contribution in [0.5, 0.6) is 11.6 Å². The highest BCUT2D eigenvalue weighted by Crippen LogP contribution is 2.40. The Labute approximate surface area is 153 Å². The summed E-state index contributed by atoms with van der Waals surface area (Å²) in [5.41, 5.74) is 2.69. The third kappa shape index (κ3) is 3.60. The van der Waals surface area contributed by atoms with Gasteiger partial charge in [-0.05, 0) is 24.0 Å². The van der Waals surface area contributed by atoms with Crippen LogP contribution in [0.15, 0.2) is 29.2 Å². The van der Waals surface area contributed by atoms with E-state index in [0.717, 1.165) is 29.8 Å². The normalized spacial score (nSPS) is 15.5. The number of hydrogen-bond acceptors (Lipinski definition) is 5. The van der Waals surface area contributed by atoms with Gasteiger partial charge >= 0.3 is 0 Å². The molecule has 26 heavy (non-hydrogen) atoms. The Morgan fingerprint density at radius 2 is 2.08 bits per heavy atom. The quantitative estimate of drug-likeness (QED) is 0.712. The lowest BCUT2D eigenvalue weighted by Crippen LogP contribution is -2.26. The minimum absolute atomic E-state index is 0.0211. The van der Waals surface area contributed by atoms with Gasteiger partial charge in [0.1, 0.15) is 0 Å². The Kier molecular flexibility index (Phi) is 5.61. The lowest BCUT2D eigenvalue weighted by molar-refractivity contribution is 0.170. The van der Waals surface area contributed by atoms with Gasteiger partial charge in [-0.2, -0.15) is 0 Å². The van der Waals surface area contributed by atoms with E-state index in [0.29, 0.717) is 30.8 Å². The third-order valence-electron chi connectivity index (χ3n) is 4.73. The molecule has 0 radical (unpaired) electrons. The van der Waals surface area contributed by atoms with Crippen LogP contribution in [0.25, 0.3) is 11.4 Å². The van der Waals surface area contributed by atoms with Crippen molar-refractivity contribution in [3.05, 3.63) is 40.2 Å². The summed E-state index contributed by atoms with van der Waals surface area (Å²) in [5, 5.41) is 0. The maximum Gasteiger partial charge on any atom is 0.257 e. The number of ether oxygens (including phenoxy) is 3. The van der Waals surface area contributed by atoms with Crippen molar-refractivity contribution in [2.24, 2.45) is 5.92 Å². The first-order chi connectivity index (χ1) is 12.5. The van der Waals surface area contributed by atoms with E-state index in [4.69, 9.17) is 14.2 Å². The molecule has 0 aliphatic carbocycles. The van der Waals surface area contributed by atoms with E-state index in [1.165, 1.54) is 0 Å². The summed E-state index contributed by atoms with van der Waals surface area (Å²) < 4.78 is 18.5. The molecule has 6 nitrogen and oxygen atoms in total. The molecule has 3 rings (SSSR count). The van der Waals surface area contributed by atoms with Crippen molar-refractivity contribution in [1.29, 1.82) is 0 Å². The number of pyridine rings is 2. The van der Waals surface area contributed by atoms with Crippen LogP contribution in [0.2, 0.25) is 0 Å². The van der Waals surface area contributed by atoms with Crippen molar-refractivity contribution in [3.8, 4) is 23.0 Å². The van der Waals surface area contributed by atoms with Crippen molar-refractivity contribution < 1.29 is 14.2 Å². The molecule has 140 valence electrons.